The molecule has 0 spiro atoms. The summed E-state index contributed by atoms with van der Waals surface area (Å²) in [6.45, 7) is 0. The number of halogens is 17. The van der Waals surface area contributed by atoms with Crippen molar-refractivity contribution in [3.05, 3.63) is 46.0 Å². The van der Waals surface area contributed by atoms with Crippen LogP contribution in [0.2, 0.25) is 0 Å². The van der Waals surface area contributed by atoms with E-state index >= 15 is 17.6 Å². The van der Waals surface area contributed by atoms with Gasteiger partial charge in [0, 0.05) is 47.1 Å². The molecule has 2 aromatic carbocycles. The van der Waals surface area contributed by atoms with Gasteiger partial charge in [-0.05, 0) is 18.2 Å². The molecule has 0 N–H and O–H groups in total. The second-order valence-corrected chi connectivity index (χ2v) is 10.1. The highest BCUT2D eigenvalue weighted by Crippen LogP contribution is 2.65. The molecule has 258 valence electrons. The summed E-state index contributed by atoms with van der Waals surface area (Å²) < 4.78 is 237. The smallest absolute Gasteiger partial charge is 0.277 e. The van der Waals surface area contributed by atoms with Crippen LogP contribution < -0.4 is 0 Å². The van der Waals surface area contributed by atoms with Crippen molar-refractivity contribution in [2.75, 3.05) is 14.1 Å². The molecule has 6 nitrogen and oxygen atoms in total. The summed E-state index contributed by atoms with van der Waals surface area (Å²) in [5.74, 6) is -65.6. The predicted octanol–water partition coefficient (Wildman–Crippen LogP) is 6.76. The molecule has 0 radical (unpaired) electrons. The molecular weight excluding hydrogens is 703 g/mol. The second-order valence-electron chi connectivity index (χ2n) is 10.1. The maximum Gasteiger partial charge on any atom is 0.460 e. The van der Waals surface area contributed by atoms with Crippen molar-refractivity contribution in [2.24, 2.45) is 0 Å². The molecule has 0 fully saturated rings. The van der Waals surface area contributed by atoms with Crippen molar-refractivity contribution >= 4 is 34.4 Å². The molecule has 0 aliphatic carbocycles. The summed E-state index contributed by atoms with van der Waals surface area (Å²) in [5.41, 5.74) is -8.01. The Balaban J connectivity index is 2.06. The SMILES string of the molecule is CN1C(=O)c2ccc3c4c(c(C(F)(F)C(F)(F)C(F)(F)C(F)(F)C(F)(F)C(F)(F)C(F)(F)C(F)(F)F)cc(c24)C1=O)C(=O)N(C)C3=O. The lowest BCUT2D eigenvalue weighted by Gasteiger charge is -2.43. The minimum atomic E-state index is -8.88. The number of alkyl halides is 17. The average Bonchev–Trinajstić information content (AvgIpc) is 2.94. The number of benzene rings is 2. The highest BCUT2D eigenvalue weighted by atomic mass is 19.4. The third-order valence-corrected chi connectivity index (χ3v) is 7.47. The van der Waals surface area contributed by atoms with E-state index in [1.54, 1.807) is 0 Å². The molecule has 0 unspecified atom stereocenters. The highest BCUT2D eigenvalue weighted by molar-refractivity contribution is 6.33. The quantitative estimate of drug-likeness (QED) is 0.235. The van der Waals surface area contributed by atoms with E-state index in [9.17, 15) is 76.3 Å². The Hall–Kier alpha value is -4.21. The molecule has 4 rings (SSSR count). The maximum atomic E-state index is 15.6. The maximum absolute atomic E-state index is 15.6. The van der Waals surface area contributed by atoms with Gasteiger partial charge in [0.1, 0.15) is 0 Å². The van der Waals surface area contributed by atoms with E-state index < -0.39 is 116 Å². The number of imide groups is 2. The Bertz CT molecular complexity index is 1780. The first-order chi connectivity index (χ1) is 20.8. The predicted molar refractivity (Wildman–Crippen MR) is 116 cm³/mol. The molecule has 2 aromatic rings. The lowest BCUT2D eigenvalue weighted by molar-refractivity contribution is -0.462. The van der Waals surface area contributed by atoms with Gasteiger partial charge in [-0.3, -0.25) is 29.0 Å². The standard InChI is InChI=1S/C24H9F17N2O4/c1-42-13(44)6-3-4-7-11-10(6)8(15(42)46)5-9(12(11)16(47)43(2)14(7)45)17(25,26)18(27,28)19(29,30)20(31,32)21(33,34)22(35,36)23(37,38)24(39,40)41/h3-5H,1-2H3. The van der Waals surface area contributed by atoms with Crippen LogP contribution in [0.1, 0.15) is 47.0 Å². The van der Waals surface area contributed by atoms with Gasteiger partial charge >= 0.3 is 47.6 Å². The number of carbonyl (C=O) groups is 4. The van der Waals surface area contributed by atoms with Gasteiger partial charge < -0.3 is 0 Å². The zero-order chi connectivity index (χ0) is 36.6. The van der Waals surface area contributed by atoms with E-state index in [2.05, 4.69) is 0 Å². The number of hydrogen-bond donors (Lipinski definition) is 0. The Morgan fingerprint density at radius 1 is 0.447 bits per heavy atom. The molecule has 2 heterocycles. The van der Waals surface area contributed by atoms with Crippen LogP contribution in [0, 0.1) is 0 Å². The summed E-state index contributed by atoms with van der Waals surface area (Å²) in [6, 6.07) is 0.784. The molecule has 2 aliphatic rings. The van der Waals surface area contributed by atoms with Gasteiger partial charge in [0.15, 0.2) is 0 Å². The van der Waals surface area contributed by atoms with E-state index in [-0.39, 0.29) is 9.80 Å². The van der Waals surface area contributed by atoms with Crippen LogP contribution in [0.4, 0.5) is 74.6 Å². The van der Waals surface area contributed by atoms with Crippen LogP contribution >= 0.6 is 0 Å². The molecule has 0 saturated heterocycles. The summed E-state index contributed by atoms with van der Waals surface area (Å²) in [5, 5.41) is -2.23. The van der Waals surface area contributed by atoms with Crippen molar-refractivity contribution in [3.8, 4) is 0 Å². The van der Waals surface area contributed by atoms with Crippen LogP contribution in [0.25, 0.3) is 10.8 Å². The summed E-state index contributed by atoms with van der Waals surface area (Å²) in [7, 11) is 1.10. The van der Waals surface area contributed by atoms with Crippen LogP contribution in [0.15, 0.2) is 18.2 Å². The normalized spacial score (nSPS) is 17.3. The average molecular weight is 712 g/mol. The fourth-order valence-electron chi connectivity index (χ4n) is 4.79. The zero-order valence-corrected chi connectivity index (χ0v) is 22.2. The molecule has 2 aliphatic heterocycles. The van der Waals surface area contributed by atoms with Crippen molar-refractivity contribution in [1.29, 1.82) is 0 Å². The third-order valence-electron chi connectivity index (χ3n) is 7.47. The van der Waals surface area contributed by atoms with E-state index in [4.69, 9.17) is 0 Å². The number of carbonyl (C=O) groups excluding carboxylic acids is 4. The largest absolute Gasteiger partial charge is 0.460 e. The topological polar surface area (TPSA) is 74.8 Å². The van der Waals surface area contributed by atoms with Crippen molar-refractivity contribution < 1.29 is 93.8 Å². The Kier molecular flexibility index (Phi) is 7.16. The lowest BCUT2D eigenvalue weighted by atomic mass is 9.79. The van der Waals surface area contributed by atoms with Crippen LogP contribution in [0.5, 0.6) is 0 Å². The fourth-order valence-corrected chi connectivity index (χ4v) is 4.79. The van der Waals surface area contributed by atoms with Crippen LogP contribution in [-0.2, 0) is 5.92 Å². The monoisotopic (exact) mass is 712 g/mol. The molecule has 0 saturated carbocycles. The van der Waals surface area contributed by atoms with Gasteiger partial charge in [-0.1, -0.05) is 0 Å². The highest BCUT2D eigenvalue weighted by Gasteiger charge is 2.95. The summed E-state index contributed by atoms with van der Waals surface area (Å²) in [4.78, 5) is 50.8. The first-order valence-electron chi connectivity index (χ1n) is 11.8. The van der Waals surface area contributed by atoms with Gasteiger partial charge in [0.2, 0.25) is 0 Å². The lowest BCUT2D eigenvalue weighted by Crippen LogP contribution is -2.74. The van der Waals surface area contributed by atoms with E-state index in [1.165, 1.54) is 0 Å². The minimum absolute atomic E-state index is 0.0876. The molecule has 0 aromatic heterocycles. The molecule has 47 heavy (non-hydrogen) atoms. The third kappa shape index (κ3) is 3.93. The Morgan fingerprint density at radius 3 is 1.21 bits per heavy atom. The molecule has 0 bridgehead atoms. The van der Waals surface area contributed by atoms with E-state index in [0.29, 0.717) is 20.2 Å². The van der Waals surface area contributed by atoms with Gasteiger partial charge in [0.25, 0.3) is 23.6 Å². The summed E-state index contributed by atoms with van der Waals surface area (Å²) >= 11 is 0. The summed E-state index contributed by atoms with van der Waals surface area (Å²) in [6.07, 6.45) is -7.92. The minimum Gasteiger partial charge on any atom is -0.277 e. The Morgan fingerprint density at radius 2 is 0.787 bits per heavy atom. The Labute approximate surface area is 246 Å². The van der Waals surface area contributed by atoms with Crippen molar-refractivity contribution in [3.63, 3.8) is 0 Å². The van der Waals surface area contributed by atoms with Crippen LogP contribution in [0.3, 0.4) is 0 Å². The molecule has 23 heteroatoms. The van der Waals surface area contributed by atoms with Crippen molar-refractivity contribution in [2.45, 2.75) is 47.6 Å². The number of nitrogens with zero attached hydrogens (tertiary/aromatic N) is 2. The number of amides is 4. The van der Waals surface area contributed by atoms with Crippen molar-refractivity contribution in [1.82, 2.24) is 9.80 Å². The van der Waals surface area contributed by atoms with E-state index in [1.807, 2.05) is 0 Å². The fraction of sp³-hybridized carbons (Fsp3) is 0.417. The van der Waals surface area contributed by atoms with E-state index in [0.717, 1.165) is 6.07 Å². The van der Waals surface area contributed by atoms with Gasteiger partial charge in [-0.15, -0.1) is 0 Å². The molecule has 4 amide bonds. The van der Waals surface area contributed by atoms with Gasteiger partial charge in [-0.2, -0.15) is 74.6 Å². The first kappa shape index (κ1) is 35.6. The zero-order valence-electron chi connectivity index (χ0n) is 22.2. The number of hydrogen-bond acceptors (Lipinski definition) is 4. The number of rotatable bonds is 7. The first-order valence-corrected chi connectivity index (χ1v) is 11.8. The second kappa shape index (κ2) is 9.45. The van der Waals surface area contributed by atoms with Gasteiger partial charge in [0.05, 0.1) is 5.56 Å². The van der Waals surface area contributed by atoms with Gasteiger partial charge in [-0.25, -0.2) is 0 Å². The molecule has 0 atom stereocenters. The molecular formula is C24H9F17N2O4. The van der Waals surface area contributed by atoms with Crippen LogP contribution in [-0.4, -0.2) is 89.2 Å².